The van der Waals surface area contributed by atoms with Gasteiger partial charge in [-0.25, -0.2) is 13.4 Å². The molecule has 0 saturated carbocycles. The van der Waals surface area contributed by atoms with Gasteiger partial charge in [0.15, 0.2) is 5.82 Å². The number of nitrogens with one attached hydrogen (secondary N) is 1. The van der Waals surface area contributed by atoms with E-state index in [-0.39, 0.29) is 10.7 Å². The van der Waals surface area contributed by atoms with Crippen molar-refractivity contribution >= 4 is 21.5 Å². The fourth-order valence-electron chi connectivity index (χ4n) is 1.27. The molecule has 0 bridgehead atoms. The highest BCUT2D eigenvalue weighted by Gasteiger charge is 2.16. The van der Waals surface area contributed by atoms with E-state index in [9.17, 15) is 8.42 Å². The summed E-state index contributed by atoms with van der Waals surface area (Å²) in [5, 5.41) is 7.26. The first-order chi connectivity index (χ1) is 8.49. The van der Waals surface area contributed by atoms with Crippen LogP contribution in [-0.2, 0) is 10.0 Å². The zero-order valence-corrected chi connectivity index (χ0v) is 10.3. The molecule has 0 unspecified atom stereocenters. The van der Waals surface area contributed by atoms with Gasteiger partial charge in [0.1, 0.15) is 12.0 Å². The highest BCUT2D eigenvalue weighted by atomic mass is 32.2. The summed E-state index contributed by atoms with van der Waals surface area (Å²) in [6.45, 7) is 1.61. The Kier molecular flexibility index (Phi) is 3.11. The van der Waals surface area contributed by atoms with Crippen molar-refractivity contribution in [1.82, 2.24) is 15.2 Å². The Hall–Kier alpha value is -2.22. The van der Waals surface area contributed by atoms with Crippen molar-refractivity contribution in [1.29, 1.82) is 0 Å². The predicted molar refractivity (Wildman–Crippen MR) is 66.2 cm³/mol. The van der Waals surface area contributed by atoms with Gasteiger partial charge in [-0.15, -0.1) is 5.10 Å². The van der Waals surface area contributed by atoms with Crippen molar-refractivity contribution < 1.29 is 8.42 Å². The van der Waals surface area contributed by atoms with Crippen molar-refractivity contribution in [3.05, 3.63) is 36.3 Å². The van der Waals surface area contributed by atoms with Crippen LogP contribution in [0.15, 0.2) is 35.5 Å². The Morgan fingerprint density at radius 2 is 1.89 bits per heavy atom. The van der Waals surface area contributed by atoms with Gasteiger partial charge in [-0.1, -0.05) is 0 Å². The molecule has 0 aliphatic rings. The molecule has 0 fully saturated rings. The molecule has 7 nitrogen and oxygen atoms in total. The van der Waals surface area contributed by atoms with Crippen LogP contribution >= 0.6 is 0 Å². The van der Waals surface area contributed by atoms with Gasteiger partial charge in [-0.3, -0.25) is 4.72 Å². The number of aryl methyl sites for hydroxylation is 1. The second-order valence-corrected chi connectivity index (χ2v) is 5.25. The summed E-state index contributed by atoms with van der Waals surface area (Å²) in [6, 6.07) is 5.86. The maximum absolute atomic E-state index is 12.0. The Morgan fingerprint density at radius 3 is 2.50 bits per heavy atom. The van der Waals surface area contributed by atoms with Gasteiger partial charge < -0.3 is 5.73 Å². The van der Waals surface area contributed by atoms with E-state index in [1.807, 2.05) is 0 Å². The monoisotopic (exact) mass is 265 g/mol. The SMILES string of the molecule is Cc1nncnc1NS(=O)(=O)c1ccc(N)cc1. The first kappa shape index (κ1) is 12.2. The largest absolute Gasteiger partial charge is 0.399 e. The van der Waals surface area contributed by atoms with E-state index in [2.05, 4.69) is 19.9 Å². The second kappa shape index (κ2) is 4.57. The summed E-state index contributed by atoms with van der Waals surface area (Å²) < 4.78 is 26.4. The standard InChI is InChI=1S/C10H11N5O2S/c1-7-10(12-6-13-14-7)15-18(16,17)9-4-2-8(11)3-5-9/h2-6H,11H2,1H3,(H,12,13,15). The highest BCUT2D eigenvalue weighted by molar-refractivity contribution is 7.92. The molecule has 0 atom stereocenters. The van der Waals surface area contributed by atoms with Crippen LogP contribution in [0, 0.1) is 6.92 Å². The summed E-state index contributed by atoms with van der Waals surface area (Å²) in [7, 11) is -3.69. The Morgan fingerprint density at radius 1 is 1.22 bits per heavy atom. The molecule has 0 amide bonds. The van der Waals surface area contributed by atoms with Crippen molar-refractivity contribution in [2.75, 3.05) is 10.5 Å². The van der Waals surface area contributed by atoms with Gasteiger partial charge in [0.05, 0.1) is 4.90 Å². The number of anilines is 2. The molecule has 1 aromatic carbocycles. The van der Waals surface area contributed by atoms with Gasteiger partial charge in [0.2, 0.25) is 0 Å². The number of sulfonamides is 1. The normalized spacial score (nSPS) is 11.2. The number of aromatic nitrogens is 3. The summed E-state index contributed by atoms with van der Waals surface area (Å²) in [5.41, 5.74) is 6.39. The van der Waals surface area contributed by atoms with E-state index in [1.54, 1.807) is 6.92 Å². The minimum atomic E-state index is -3.69. The molecular formula is C10H11N5O2S. The number of nitrogen functional groups attached to an aromatic ring is 1. The average molecular weight is 265 g/mol. The van der Waals surface area contributed by atoms with E-state index in [1.165, 1.54) is 30.6 Å². The average Bonchev–Trinajstić information content (AvgIpc) is 2.32. The number of hydrogen-bond donors (Lipinski definition) is 2. The molecule has 18 heavy (non-hydrogen) atoms. The third kappa shape index (κ3) is 2.54. The summed E-state index contributed by atoms with van der Waals surface area (Å²) in [4.78, 5) is 3.92. The number of nitrogens with two attached hydrogens (primary N) is 1. The maximum Gasteiger partial charge on any atom is 0.263 e. The molecule has 0 spiro atoms. The molecular weight excluding hydrogens is 254 g/mol. The quantitative estimate of drug-likeness (QED) is 0.784. The number of benzene rings is 1. The zero-order chi connectivity index (χ0) is 13.2. The van der Waals surface area contributed by atoms with Gasteiger partial charge in [-0.05, 0) is 31.2 Å². The number of hydrogen-bond acceptors (Lipinski definition) is 6. The van der Waals surface area contributed by atoms with E-state index in [4.69, 9.17) is 5.73 Å². The Bertz CT molecular complexity index is 654. The second-order valence-electron chi connectivity index (χ2n) is 3.57. The molecule has 3 N–H and O–H groups in total. The Balaban J connectivity index is 2.33. The third-order valence-electron chi connectivity index (χ3n) is 2.21. The lowest BCUT2D eigenvalue weighted by molar-refractivity contribution is 0.601. The lowest BCUT2D eigenvalue weighted by Crippen LogP contribution is -2.15. The lowest BCUT2D eigenvalue weighted by Gasteiger charge is -2.08. The third-order valence-corrected chi connectivity index (χ3v) is 3.57. The van der Waals surface area contributed by atoms with E-state index in [0.717, 1.165) is 0 Å². The van der Waals surface area contributed by atoms with Crippen molar-refractivity contribution in [2.45, 2.75) is 11.8 Å². The molecule has 8 heteroatoms. The van der Waals surface area contributed by atoms with E-state index in [0.29, 0.717) is 11.4 Å². The van der Waals surface area contributed by atoms with Gasteiger partial charge in [-0.2, -0.15) is 5.10 Å². The fraction of sp³-hybridized carbons (Fsp3) is 0.100. The fourth-order valence-corrected chi connectivity index (χ4v) is 2.34. The van der Waals surface area contributed by atoms with Gasteiger partial charge in [0, 0.05) is 5.69 Å². The van der Waals surface area contributed by atoms with Crippen LogP contribution in [0.5, 0.6) is 0 Å². The molecule has 0 radical (unpaired) electrons. The summed E-state index contributed by atoms with van der Waals surface area (Å²) in [5.74, 6) is 0.154. The molecule has 0 saturated heterocycles. The number of nitrogens with zero attached hydrogens (tertiary/aromatic N) is 3. The smallest absolute Gasteiger partial charge is 0.263 e. The van der Waals surface area contributed by atoms with Crippen molar-refractivity contribution in [2.24, 2.45) is 0 Å². The zero-order valence-electron chi connectivity index (χ0n) is 9.53. The molecule has 2 rings (SSSR count). The highest BCUT2D eigenvalue weighted by Crippen LogP contribution is 2.16. The molecule has 1 heterocycles. The van der Waals surface area contributed by atoms with Crippen LogP contribution in [0.3, 0.4) is 0 Å². The van der Waals surface area contributed by atoms with Gasteiger partial charge in [0.25, 0.3) is 10.0 Å². The van der Waals surface area contributed by atoms with Crippen LogP contribution in [-0.4, -0.2) is 23.6 Å². The number of rotatable bonds is 3. The minimum absolute atomic E-state index is 0.106. The summed E-state index contributed by atoms with van der Waals surface area (Å²) >= 11 is 0. The van der Waals surface area contributed by atoms with E-state index < -0.39 is 10.0 Å². The van der Waals surface area contributed by atoms with Crippen LogP contribution in [0.4, 0.5) is 11.5 Å². The first-order valence-electron chi connectivity index (χ1n) is 5.02. The van der Waals surface area contributed by atoms with Crippen molar-refractivity contribution in [3.63, 3.8) is 0 Å². The Labute approximate surface area is 104 Å². The molecule has 1 aromatic heterocycles. The predicted octanol–water partition coefficient (Wildman–Crippen LogP) is 0.563. The van der Waals surface area contributed by atoms with Crippen LogP contribution in [0.25, 0.3) is 0 Å². The van der Waals surface area contributed by atoms with Gasteiger partial charge >= 0.3 is 0 Å². The van der Waals surface area contributed by atoms with Crippen LogP contribution in [0.1, 0.15) is 5.69 Å². The lowest BCUT2D eigenvalue weighted by atomic mass is 10.3. The first-order valence-corrected chi connectivity index (χ1v) is 6.50. The molecule has 0 aliphatic carbocycles. The topological polar surface area (TPSA) is 111 Å². The maximum atomic E-state index is 12.0. The van der Waals surface area contributed by atoms with Crippen LogP contribution < -0.4 is 10.5 Å². The molecule has 0 aliphatic heterocycles. The minimum Gasteiger partial charge on any atom is -0.399 e. The van der Waals surface area contributed by atoms with E-state index >= 15 is 0 Å². The molecule has 2 aromatic rings. The van der Waals surface area contributed by atoms with Crippen molar-refractivity contribution in [3.8, 4) is 0 Å². The van der Waals surface area contributed by atoms with Crippen LogP contribution in [0.2, 0.25) is 0 Å². The molecule has 94 valence electrons. The summed E-state index contributed by atoms with van der Waals surface area (Å²) in [6.07, 6.45) is 1.17.